The van der Waals surface area contributed by atoms with E-state index in [9.17, 15) is 13.6 Å². The van der Waals surface area contributed by atoms with E-state index in [1.165, 1.54) is 6.92 Å². The minimum absolute atomic E-state index is 0.0262. The zero-order valence-corrected chi connectivity index (χ0v) is 9.96. The Labute approximate surface area is 99.2 Å². The number of carbonyl (C=O) groups is 1. The van der Waals surface area contributed by atoms with Gasteiger partial charge < -0.3 is 10.0 Å². The standard InChI is InChI=1S/C11H18F2N2O2/c1-9(17)15-4-2-14(3-5-15)7-10(8-16)6-11(10,12)13/h16H,2-8H2,1H3/t10-/m1/s1. The van der Waals surface area contributed by atoms with E-state index in [4.69, 9.17) is 5.11 Å². The van der Waals surface area contributed by atoms with E-state index >= 15 is 0 Å². The fourth-order valence-corrected chi connectivity index (χ4v) is 2.42. The largest absolute Gasteiger partial charge is 0.396 e. The second-order valence-electron chi connectivity index (χ2n) is 5.10. The summed E-state index contributed by atoms with van der Waals surface area (Å²) in [6, 6.07) is 0. The summed E-state index contributed by atoms with van der Waals surface area (Å²) in [6.07, 6.45) is -0.219. The lowest BCUT2D eigenvalue weighted by Crippen LogP contribution is -2.50. The molecule has 1 N–H and O–H groups in total. The molecule has 6 heteroatoms. The third kappa shape index (κ3) is 2.28. The first kappa shape index (κ1) is 12.7. The van der Waals surface area contributed by atoms with Crippen LogP contribution in [-0.2, 0) is 4.79 Å². The number of aliphatic hydroxyl groups is 1. The van der Waals surface area contributed by atoms with Crippen molar-refractivity contribution in [2.75, 3.05) is 39.3 Å². The summed E-state index contributed by atoms with van der Waals surface area (Å²) in [7, 11) is 0. The van der Waals surface area contributed by atoms with Crippen molar-refractivity contribution < 1.29 is 18.7 Å². The molecule has 4 nitrogen and oxygen atoms in total. The van der Waals surface area contributed by atoms with E-state index in [2.05, 4.69) is 0 Å². The normalized spacial score (nSPS) is 32.6. The molecule has 1 amide bonds. The number of carbonyl (C=O) groups excluding carboxylic acids is 1. The molecule has 2 aliphatic rings. The number of alkyl halides is 2. The number of hydrogen-bond donors (Lipinski definition) is 1. The van der Waals surface area contributed by atoms with Gasteiger partial charge in [0.1, 0.15) is 0 Å². The Bertz CT molecular complexity index is 317. The van der Waals surface area contributed by atoms with Crippen molar-refractivity contribution in [3.05, 3.63) is 0 Å². The topological polar surface area (TPSA) is 43.8 Å². The SMILES string of the molecule is CC(=O)N1CCN(C[C@@]2(CO)CC2(F)F)CC1. The van der Waals surface area contributed by atoms with Gasteiger partial charge in [-0.25, -0.2) is 8.78 Å². The summed E-state index contributed by atoms with van der Waals surface area (Å²) in [5, 5.41) is 9.09. The second kappa shape index (κ2) is 4.17. The van der Waals surface area contributed by atoms with Crippen LogP contribution >= 0.6 is 0 Å². The molecule has 2 fully saturated rings. The van der Waals surface area contributed by atoms with Crippen LogP contribution in [-0.4, -0.2) is 66.1 Å². The van der Waals surface area contributed by atoms with Gasteiger partial charge in [-0.2, -0.15) is 0 Å². The van der Waals surface area contributed by atoms with Crippen molar-refractivity contribution >= 4 is 5.91 Å². The summed E-state index contributed by atoms with van der Waals surface area (Å²) < 4.78 is 26.3. The molecule has 1 aliphatic carbocycles. The first-order valence-electron chi connectivity index (χ1n) is 5.87. The first-order chi connectivity index (χ1) is 7.90. The van der Waals surface area contributed by atoms with Crippen molar-refractivity contribution in [3.63, 3.8) is 0 Å². The molecular formula is C11H18F2N2O2. The number of hydrogen-bond acceptors (Lipinski definition) is 3. The lowest BCUT2D eigenvalue weighted by atomic mass is 10.1. The molecule has 17 heavy (non-hydrogen) atoms. The summed E-state index contributed by atoms with van der Waals surface area (Å²) >= 11 is 0. The molecule has 98 valence electrons. The van der Waals surface area contributed by atoms with Crippen molar-refractivity contribution in [3.8, 4) is 0 Å². The van der Waals surface area contributed by atoms with E-state index in [0.29, 0.717) is 26.2 Å². The molecule has 2 rings (SSSR count). The summed E-state index contributed by atoms with van der Waals surface area (Å²) in [6.45, 7) is 3.66. The van der Waals surface area contributed by atoms with Gasteiger partial charge in [0.2, 0.25) is 5.91 Å². The zero-order chi connectivity index (χ0) is 12.7. The molecule has 1 saturated carbocycles. The molecule has 0 aromatic carbocycles. The molecule has 0 aromatic rings. The molecule has 0 unspecified atom stereocenters. The Morgan fingerprint density at radius 3 is 2.18 bits per heavy atom. The smallest absolute Gasteiger partial charge is 0.258 e. The predicted molar refractivity (Wildman–Crippen MR) is 57.8 cm³/mol. The van der Waals surface area contributed by atoms with Crippen molar-refractivity contribution in [2.24, 2.45) is 5.41 Å². The highest BCUT2D eigenvalue weighted by atomic mass is 19.3. The highest BCUT2D eigenvalue weighted by molar-refractivity contribution is 5.73. The number of rotatable bonds is 3. The van der Waals surface area contributed by atoms with Crippen LogP contribution in [0.5, 0.6) is 0 Å². The van der Waals surface area contributed by atoms with Gasteiger partial charge >= 0.3 is 0 Å². The average molecular weight is 248 g/mol. The lowest BCUT2D eigenvalue weighted by Gasteiger charge is -2.35. The van der Waals surface area contributed by atoms with Crippen molar-refractivity contribution in [2.45, 2.75) is 19.3 Å². The maximum absolute atomic E-state index is 13.2. The molecule has 1 heterocycles. The van der Waals surface area contributed by atoms with E-state index in [1.54, 1.807) is 4.90 Å². The van der Waals surface area contributed by atoms with E-state index in [-0.39, 0.29) is 18.9 Å². The summed E-state index contributed by atoms with van der Waals surface area (Å²) in [5.74, 6) is -2.70. The fourth-order valence-electron chi connectivity index (χ4n) is 2.42. The van der Waals surface area contributed by atoms with Gasteiger partial charge in [0.05, 0.1) is 12.0 Å². The molecule has 0 bridgehead atoms. The maximum atomic E-state index is 13.2. The van der Waals surface area contributed by atoms with Gasteiger partial charge in [0.15, 0.2) is 0 Å². The second-order valence-corrected chi connectivity index (χ2v) is 5.10. The highest BCUT2D eigenvalue weighted by Gasteiger charge is 2.70. The van der Waals surface area contributed by atoms with E-state index < -0.39 is 17.9 Å². The average Bonchev–Trinajstić information content (AvgIpc) is 2.82. The fraction of sp³-hybridized carbons (Fsp3) is 0.909. The zero-order valence-electron chi connectivity index (χ0n) is 9.96. The van der Waals surface area contributed by atoms with Crippen LogP contribution in [0.25, 0.3) is 0 Å². The number of halogens is 2. The minimum Gasteiger partial charge on any atom is -0.396 e. The Balaban J connectivity index is 1.85. The van der Waals surface area contributed by atoms with Gasteiger partial charge in [0.25, 0.3) is 5.92 Å². The maximum Gasteiger partial charge on any atom is 0.258 e. The summed E-state index contributed by atoms with van der Waals surface area (Å²) in [4.78, 5) is 14.7. The van der Waals surface area contributed by atoms with Crippen LogP contribution in [0.1, 0.15) is 13.3 Å². The number of amides is 1. The monoisotopic (exact) mass is 248 g/mol. The van der Waals surface area contributed by atoms with Gasteiger partial charge in [-0.1, -0.05) is 0 Å². The van der Waals surface area contributed by atoms with Crippen LogP contribution in [0.2, 0.25) is 0 Å². The first-order valence-corrected chi connectivity index (χ1v) is 5.87. The van der Waals surface area contributed by atoms with Crippen LogP contribution in [0, 0.1) is 5.41 Å². The molecule has 0 radical (unpaired) electrons. The van der Waals surface area contributed by atoms with Gasteiger partial charge in [-0.15, -0.1) is 0 Å². The molecular weight excluding hydrogens is 230 g/mol. The number of nitrogens with zero attached hydrogens (tertiary/aromatic N) is 2. The Hall–Kier alpha value is -0.750. The van der Waals surface area contributed by atoms with Crippen LogP contribution in [0.3, 0.4) is 0 Å². The minimum atomic E-state index is -2.72. The summed E-state index contributed by atoms with van der Waals surface area (Å²) in [5.41, 5.74) is -1.23. The lowest BCUT2D eigenvalue weighted by molar-refractivity contribution is -0.130. The van der Waals surface area contributed by atoms with Gasteiger partial charge in [-0.05, 0) is 0 Å². The molecule has 0 aromatic heterocycles. The Morgan fingerprint density at radius 1 is 1.29 bits per heavy atom. The predicted octanol–water partition coefficient (Wildman–Crippen LogP) is 0.168. The van der Waals surface area contributed by atoms with Crippen LogP contribution in [0.15, 0.2) is 0 Å². The van der Waals surface area contributed by atoms with Gasteiger partial charge in [0, 0.05) is 46.1 Å². The Morgan fingerprint density at radius 2 is 1.82 bits per heavy atom. The van der Waals surface area contributed by atoms with E-state index in [0.717, 1.165) is 0 Å². The third-order valence-electron chi connectivity index (χ3n) is 3.86. The molecule has 0 spiro atoms. The van der Waals surface area contributed by atoms with E-state index in [1.807, 2.05) is 4.90 Å². The Kier molecular flexibility index (Phi) is 3.12. The number of aliphatic hydroxyl groups excluding tert-OH is 1. The van der Waals surface area contributed by atoms with Crippen molar-refractivity contribution in [1.82, 2.24) is 9.80 Å². The van der Waals surface area contributed by atoms with Crippen LogP contribution < -0.4 is 0 Å². The molecule has 1 atom stereocenters. The third-order valence-corrected chi connectivity index (χ3v) is 3.86. The number of piperazine rings is 1. The molecule has 1 aliphatic heterocycles. The van der Waals surface area contributed by atoms with Crippen LogP contribution in [0.4, 0.5) is 8.78 Å². The van der Waals surface area contributed by atoms with Crippen molar-refractivity contribution in [1.29, 1.82) is 0 Å². The van der Waals surface area contributed by atoms with Gasteiger partial charge in [-0.3, -0.25) is 9.69 Å². The highest BCUT2D eigenvalue weighted by Crippen LogP contribution is 2.60. The molecule has 1 saturated heterocycles. The quantitative estimate of drug-likeness (QED) is 0.774.